The molecule has 0 amide bonds. The fraction of sp³-hybridized carbons (Fsp3) is 0.333. The van der Waals surface area contributed by atoms with Crippen molar-refractivity contribution >= 4 is 40.4 Å². The van der Waals surface area contributed by atoms with Crippen molar-refractivity contribution in [3.8, 4) is 0 Å². The number of benzene rings is 1. The lowest BCUT2D eigenvalue weighted by atomic mass is 10.3. The Bertz CT molecular complexity index is 672. The predicted octanol–water partition coefficient (Wildman–Crippen LogP) is 3.82. The zero-order valence-electron chi connectivity index (χ0n) is 10.5. The number of imidazole rings is 1. The quantitative estimate of drug-likeness (QED) is 0.842. The number of aryl methyl sites for hydroxylation is 1. The van der Waals surface area contributed by atoms with Crippen LogP contribution in [-0.4, -0.2) is 32.6 Å². The third-order valence-electron chi connectivity index (χ3n) is 2.62. The molecule has 21 heavy (non-hydrogen) atoms. The lowest BCUT2D eigenvalue weighted by Crippen LogP contribution is -2.13. The first-order valence-electron chi connectivity index (χ1n) is 5.83. The minimum absolute atomic E-state index is 0.235. The summed E-state index contributed by atoms with van der Waals surface area (Å²) in [5, 5.41) is 9.33. The molecule has 114 valence electrons. The van der Waals surface area contributed by atoms with E-state index in [0.717, 1.165) is 11.8 Å². The molecule has 0 fully saturated rings. The Morgan fingerprint density at radius 2 is 2.14 bits per heavy atom. The highest BCUT2D eigenvalue weighted by molar-refractivity contribution is 7.99. The lowest BCUT2D eigenvalue weighted by molar-refractivity contribution is -0.137. The van der Waals surface area contributed by atoms with Crippen LogP contribution < -0.4 is 0 Å². The van der Waals surface area contributed by atoms with Crippen LogP contribution in [-0.2, 0) is 11.3 Å². The first-order chi connectivity index (χ1) is 9.76. The molecule has 0 atom stereocenters. The molecule has 9 heteroatoms. The fourth-order valence-corrected chi connectivity index (χ4v) is 2.70. The molecule has 2 aromatic rings. The highest BCUT2D eigenvalue weighted by atomic mass is 35.5. The van der Waals surface area contributed by atoms with Gasteiger partial charge in [-0.3, -0.25) is 4.79 Å². The van der Waals surface area contributed by atoms with Gasteiger partial charge in [-0.2, -0.15) is 13.2 Å². The number of fused-ring (bicyclic) bond motifs is 1. The molecule has 0 radical (unpaired) electrons. The average molecular weight is 339 g/mol. The lowest BCUT2D eigenvalue weighted by Gasteiger charge is -2.10. The molecular weight excluding hydrogens is 329 g/mol. The number of hydrogen-bond donors (Lipinski definition) is 1. The average Bonchev–Trinajstić information content (AvgIpc) is 2.69. The van der Waals surface area contributed by atoms with Crippen molar-refractivity contribution in [1.82, 2.24) is 9.55 Å². The zero-order valence-corrected chi connectivity index (χ0v) is 12.1. The number of thioether (sulfide) groups is 1. The summed E-state index contributed by atoms with van der Waals surface area (Å²) in [4.78, 5) is 14.8. The molecule has 0 aliphatic heterocycles. The second-order valence-corrected chi connectivity index (χ2v) is 5.61. The van der Waals surface area contributed by atoms with Gasteiger partial charge in [-0.15, -0.1) is 0 Å². The Hall–Kier alpha value is -1.41. The van der Waals surface area contributed by atoms with Gasteiger partial charge in [0.05, 0.1) is 23.2 Å². The van der Waals surface area contributed by atoms with Crippen molar-refractivity contribution in [2.45, 2.75) is 24.3 Å². The largest absolute Gasteiger partial charge is 0.481 e. The van der Waals surface area contributed by atoms with Gasteiger partial charge in [0.15, 0.2) is 5.16 Å². The SMILES string of the molecule is O=C(O)CSc1nc2cc(Cl)ccc2n1CCC(F)(F)F. The molecular formula is C12H10ClF3N2O2S. The number of nitrogens with zero attached hydrogens (tertiary/aromatic N) is 2. The van der Waals surface area contributed by atoms with Crippen LogP contribution in [0.4, 0.5) is 13.2 Å². The third kappa shape index (κ3) is 4.28. The first kappa shape index (κ1) is 16.0. The van der Waals surface area contributed by atoms with Crippen LogP contribution in [0.1, 0.15) is 6.42 Å². The number of aliphatic carboxylic acids is 1. The van der Waals surface area contributed by atoms with Gasteiger partial charge in [0.1, 0.15) is 0 Å². The van der Waals surface area contributed by atoms with E-state index in [4.69, 9.17) is 16.7 Å². The predicted molar refractivity (Wildman–Crippen MR) is 73.8 cm³/mol. The number of rotatable bonds is 5. The molecule has 0 spiro atoms. The van der Waals surface area contributed by atoms with Gasteiger partial charge in [0, 0.05) is 11.6 Å². The van der Waals surface area contributed by atoms with Crippen LogP contribution in [0.2, 0.25) is 5.02 Å². The summed E-state index contributed by atoms with van der Waals surface area (Å²) in [6, 6.07) is 4.67. The molecule has 4 nitrogen and oxygen atoms in total. The molecule has 0 aliphatic carbocycles. The number of halogens is 4. The maximum Gasteiger partial charge on any atom is 0.390 e. The monoisotopic (exact) mass is 338 g/mol. The summed E-state index contributed by atoms with van der Waals surface area (Å²) >= 11 is 6.71. The summed E-state index contributed by atoms with van der Waals surface area (Å²) in [5.74, 6) is -1.34. The summed E-state index contributed by atoms with van der Waals surface area (Å²) in [6.45, 7) is -0.316. The Labute approximate surface area is 126 Å². The van der Waals surface area contributed by atoms with Crippen LogP contribution in [0, 0.1) is 0 Å². The van der Waals surface area contributed by atoms with E-state index in [2.05, 4.69) is 4.98 Å². The maximum absolute atomic E-state index is 12.4. The zero-order chi connectivity index (χ0) is 15.6. The molecule has 0 saturated carbocycles. The summed E-state index contributed by atoms with van der Waals surface area (Å²) in [6.07, 6.45) is -5.31. The summed E-state index contributed by atoms with van der Waals surface area (Å²) < 4.78 is 38.6. The van der Waals surface area contributed by atoms with Crippen molar-refractivity contribution in [2.24, 2.45) is 0 Å². The van der Waals surface area contributed by atoms with Crippen molar-refractivity contribution in [2.75, 3.05) is 5.75 Å². The van der Waals surface area contributed by atoms with E-state index in [0.29, 0.717) is 16.1 Å². The summed E-state index contributed by atoms with van der Waals surface area (Å²) in [7, 11) is 0. The van der Waals surface area contributed by atoms with Crippen LogP contribution in [0.3, 0.4) is 0 Å². The second-order valence-electron chi connectivity index (χ2n) is 4.23. The van der Waals surface area contributed by atoms with Gasteiger partial charge >= 0.3 is 12.1 Å². The number of hydrogen-bond acceptors (Lipinski definition) is 3. The highest BCUT2D eigenvalue weighted by Gasteiger charge is 2.27. The van der Waals surface area contributed by atoms with E-state index in [1.807, 2.05) is 0 Å². The molecule has 0 aliphatic rings. The molecule has 0 unspecified atom stereocenters. The number of alkyl halides is 3. The van der Waals surface area contributed by atoms with E-state index >= 15 is 0 Å². The van der Waals surface area contributed by atoms with Gasteiger partial charge in [0.25, 0.3) is 0 Å². The molecule has 0 bridgehead atoms. The van der Waals surface area contributed by atoms with Crippen molar-refractivity contribution < 1.29 is 23.1 Å². The van der Waals surface area contributed by atoms with Gasteiger partial charge in [-0.1, -0.05) is 23.4 Å². The Morgan fingerprint density at radius 3 is 2.76 bits per heavy atom. The van der Waals surface area contributed by atoms with E-state index in [1.54, 1.807) is 12.1 Å². The molecule has 1 heterocycles. The molecule has 0 saturated heterocycles. The normalized spacial score (nSPS) is 12.0. The summed E-state index contributed by atoms with van der Waals surface area (Å²) in [5.41, 5.74) is 0.939. The smallest absolute Gasteiger partial charge is 0.390 e. The van der Waals surface area contributed by atoms with Crippen molar-refractivity contribution in [3.63, 3.8) is 0 Å². The number of carboxylic acid groups (broad SMARTS) is 1. The Morgan fingerprint density at radius 1 is 1.43 bits per heavy atom. The minimum Gasteiger partial charge on any atom is -0.481 e. The second kappa shape index (κ2) is 6.15. The van der Waals surface area contributed by atoms with Crippen LogP contribution >= 0.6 is 23.4 Å². The first-order valence-corrected chi connectivity index (χ1v) is 7.20. The molecule has 1 aromatic carbocycles. The van der Waals surface area contributed by atoms with Gasteiger partial charge in [-0.05, 0) is 18.2 Å². The molecule has 1 N–H and O–H groups in total. The number of carbonyl (C=O) groups is 1. The van der Waals surface area contributed by atoms with Crippen LogP contribution in [0.5, 0.6) is 0 Å². The molecule has 1 aromatic heterocycles. The standard InChI is InChI=1S/C12H10ClF3N2O2S/c13-7-1-2-9-8(5-7)17-11(21-6-10(19)20)18(9)4-3-12(14,15)16/h1-2,5H,3-4,6H2,(H,19,20). The third-order valence-corrected chi connectivity index (χ3v) is 3.82. The van der Waals surface area contributed by atoms with Crippen LogP contribution in [0.25, 0.3) is 11.0 Å². The molecule has 2 rings (SSSR count). The fourth-order valence-electron chi connectivity index (χ4n) is 1.77. The minimum atomic E-state index is -4.29. The van der Waals surface area contributed by atoms with E-state index in [1.165, 1.54) is 10.6 Å². The van der Waals surface area contributed by atoms with E-state index in [-0.39, 0.29) is 17.5 Å². The topological polar surface area (TPSA) is 55.1 Å². The Balaban J connectivity index is 2.36. The van der Waals surface area contributed by atoms with E-state index < -0.39 is 18.6 Å². The van der Waals surface area contributed by atoms with E-state index in [9.17, 15) is 18.0 Å². The number of carboxylic acids is 1. The van der Waals surface area contributed by atoms with Crippen molar-refractivity contribution in [1.29, 1.82) is 0 Å². The van der Waals surface area contributed by atoms with Gasteiger partial charge < -0.3 is 9.67 Å². The van der Waals surface area contributed by atoms with Crippen molar-refractivity contribution in [3.05, 3.63) is 23.2 Å². The van der Waals surface area contributed by atoms with Gasteiger partial charge in [0.2, 0.25) is 0 Å². The maximum atomic E-state index is 12.4. The highest BCUT2D eigenvalue weighted by Crippen LogP contribution is 2.28. The van der Waals surface area contributed by atoms with Gasteiger partial charge in [-0.25, -0.2) is 4.98 Å². The van der Waals surface area contributed by atoms with Crippen LogP contribution in [0.15, 0.2) is 23.4 Å². The Kier molecular flexibility index (Phi) is 4.67. The number of aromatic nitrogens is 2.